The van der Waals surface area contributed by atoms with Gasteiger partial charge in [0.25, 0.3) is 5.91 Å². The van der Waals surface area contributed by atoms with Crippen molar-refractivity contribution in [2.75, 3.05) is 18.5 Å². The van der Waals surface area contributed by atoms with E-state index in [9.17, 15) is 4.79 Å². The minimum absolute atomic E-state index is 0.201. The van der Waals surface area contributed by atoms with Crippen LogP contribution in [0.4, 0.5) is 5.82 Å². The van der Waals surface area contributed by atoms with Gasteiger partial charge in [-0.3, -0.25) is 4.79 Å². The zero-order valence-corrected chi connectivity index (χ0v) is 19.0. The van der Waals surface area contributed by atoms with Crippen LogP contribution in [-0.2, 0) is 4.79 Å². The van der Waals surface area contributed by atoms with Crippen molar-refractivity contribution in [3.05, 3.63) is 48.0 Å². The Kier molecular flexibility index (Phi) is 7.70. The molecule has 32 heavy (non-hydrogen) atoms. The number of amides is 1. The van der Waals surface area contributed by atoms with Gasteiger partial charge in [0.15, 0.2) is 23.3 Å². The number of hydrogen-bond donors (Lipinski definition) is 1. The standard InChI is InChI=1S/C24H29N3O5/c1-6-29-20-13-10-18(14-21(20)30-7-2)22-23(27-32-26-22)25-24(28)16(5)31-19-11-8-17(9-12-19)15(3)4/h8-16H,6-7H2,1-5H3,(H,25,27,28). The summed E-state index contributed by atoms with van der Waals surface area (Å²) in [4.78, 5) is 12.7. The van der Waals surface area contributed by atoms with E-state index in [4.69, 9.17) is 18.8 Å². The molecule has 0 spiro atoms. The Morgan fingerprint density at radius 1 is 0.969 bits per heavy atom. The molecule has 1 N–H and O–H groups in total. The largest absolute Gasteiger partial charge is 0.490 e. The number of nitrogens with zero attached hydrogens (tertiary/aromatic N) is 2. The first kappa shape index (κ1) is 23.1. The first-order valence-electron chi connectivity index (χ1n) is 10.7. The second kappa shape index (κ2) is 10.7. The van der Waals surface area contributed by atoms with Crippen LogP contribution < -0.4 is 19.5 Å². The average Bonchev–Trinajstić information content (AvgIpc) is 3.23. The molecule has 8 heteroatoms. The highest BCUT2D eigenvalue weighted by Crippen LogP contribution is 2.34. The third kappa shape index (κ3) is 5.57. The van der Waals surface area contributed by atoms with Crippen LogP contribution >= 0.6 is 0 Å². The van der Waals surface area contributed by atoms with Gasteiger partial charge in [0, 0.05) is 5.56 Å². The highest BCUT2D eigenvalue weighted by Gasteiger charge is 2.21. The van der Waals surface area contributed by atoms with Crippen LogP contribution in [0.5, 0.6) is 17.2 Å². The number of benzene rings is 2. The van der Waals surface area contributed by atoms with Crippen molar-refractivity contribution in [3.63, 3.8) is 0 Å². The van der Waals surface area contributed by atoms with Crippen LogP contribution in [0.3, 0.4) is 0 Å². The number of rotatable bonds is 10. The lowest BCUT2D eigenvalue weighted by Gasteiger charge is -2.15. The Labute approximate surface area is 187 Å². The molecule has 0 fully saturated rings. The molecular formula is C24H29N3O5. The minimum Gasteiger partial charge on any atom is -0.490 e. The van der Waals surface area contributed by atoms with E-state index >= 15 is 0 Å². The second-order valence-corrected chi connectivity index (χ2v) is 7.46. The Morgan fingerprint density at radius 3 is 2.31 bits per heavy atom. The number of anilines is 1. The van der Waals surface area contributed by atoms with Gasteiger partial charge in [-0.1, -0.05) is 26.0 Å². The first-order chi connectivity index (χ1) is 15.4. The van der Waals surface area contributed by atoms with Crippen molar-refractivity contribution in [1.82, 2.24) is 10.3 Å². The smallest absolute Gasteiger partial charge is 0.266 e. The van der Waals surface area contributed by atoms with Gasteiger partial charge in [-0.05, 0) is 72.9 Å². The molecule has 3 rings (SSSR count). The van der Waals surface area contributed by atoms with Crippen LogP contribution in [0.25, 0.3) is 11.3 Å². The molecule has 2 aromatic carbocycles. The van der Waals surface area contributed by atoms with Crippen LogP contribution in [0, 0.1) is 0 Å². The van der Waals surface area contributed by atoms with Crippen LogP contribution in [0.2, 0.25) is 0 Å². The lowest BCUT2D eigenvalue weighted by atomic mass is 10.0. The summed E-state index contributed by atoms with van der Waals surface area (Å²) in [6, 6.07) is 13.1. The quantitative estimate of drug-likeness (QED) is 0.471. The Bertz CT molecular complexity index is 1030. The molecule has 3 aromatic rings. The molecule has 1 amide bonds. The molecule has 170 valence electrons. The molecule has 0 radical (unpaired) electrons. The maximum atomic E-state index is 12.7. The summed E-state index contributed by atoms with van der Waals surface area (Å²) in [7, 11) is 0. The van der Waals surface area contributed by atoms with Gasteiger partial charge >= 0.3 is 0 Å². The minimum atomic E-state index is -0.747. The molecule has 1 heterocycles. The predicted molar refractivity (Wildman–Crippen MR) is 121 cm³/mol. The third-order valence-electron chi connectivity index (χ3n) is 4.78. The highest BCUT2D eigenvalue weighted by atomic mass is 16.6. The first-order valence-corrected chi connectivity index (χ1v) is 10.7. The summed E-state index contributed by atoms with van der Waals surface area (Å²) in [6.07, 6.45) is -0.747. The van der Waals surface area contributed by atoms with Crippen LogP contribution in [-0.4, -0.2) is 35.5 Å². The van der Waals surface area contributed by atoms with Gasteiger partial charge in [0.05, 0.1) is 13.2 Å². The van der Waals surface area contributed by atoms with E-state index in [0.29, 0.717) is 47.6 Å². The fourth-order valence-corrected chi connectivity index (χ4v) is 3.07. The van der Waals surface area contributed by atoms with E-state index in [2.05, 4.69) is 29.5 Å². The number of carbonyl (C=O) groups excluding carboxylic acids is 1. The number of nitrogens with one attached hydrogen (secondary N) is 1. The second-order valence-electron chi connectivity index (χ2n) is 7.46. The van der Waals surface area contributed by atoms with Crippen molar-refractivity contribution < 1.29 is 23.6 Å². The van der Waals surface area contributed by atoms with Gasteiger partial charge in [-0.2, -0.15) is 0 Å². The van der Waals surface area contributed by atoms with E-state index in [-0.39, 0.29) is 11.7 Å². The van der Waals surface area contributed by atoms with Crippen molar-refractivity contribution in [1.29, 1.82) is 0 Å². The van der Waals surface area contributed by atoms with E-state index in [1.165, 1.54) is 5.56 Å². The zero-order chi connectivity index (χ0) is 23.1. The Balaban J connectivity index is 1.72. The van der Waals surface area contributed by atoms with Gasteiger partial charge in [-0.15, -0.1) is 0 Å². The summed E-state index contributed by atoms with van der Waals surface area (Å²) in [5.74, 6) is 2.08. The lowest BCUT2D eigenvalue weighted by molar-refractivity contribution is -0.122. The van der Waals surface area contributed by atoms with Crippen molar-refractivity contribution in [2.24, 2.45) is 0 Å². The zero-order valence-electron chi connectivity index (χ0n) is 19.0. The lowest BCUT2D eigenvalue weighted by Crippen LogP contribution is -2.30. The van der Waals surface area contributed by atoms with Crippen LogP contribution in [0.1, 0.15) is 46.1 Å². The molecule has 0 aliphatic rings. The summed E-state index contributed by atoms with van der Waals surface area (Å²) >= 11 is 0. The summed E-state index contributed by atoms with van der Waals surface area (Å²) in [6.45, 7) is 10.7. The number of hydrogen-bond acceptors (Lipinski definition) is 7. The molecule has 0 bridgehead atoms. The molecule has 1 atom stereocenters. The van der Waals surface area contributed by atoms with Crippen LogP contribution in [0.15, 0.2) is 47.1 Å². The SMILES string of the molecule is CCOc1ccc(-c2nonc2NC(=O)C(C)Oc2ccc(C(C)C)cc2)cc1OCC. The van der Waals surface area contributed by atoms with E-state index in [1.807, 2.05) is 38.1 Å². The van der Waals surface area contributed by atoms with Gasteiger partial charge in [-0.25, -0.2) is 4.63 Å². The Morgan fingerprint density at radius 2 is 1.66 bits per heavy atom. The summed E-state index contributed by atoms with van der Waals surface area (Å²) in [5.41, 5.74) is 2.26. The molecule has 8 nitrogen and oxygen atoms in total. The number of aromatic nitrogens is 2. The van der Waals surface area contributed by atoms with Gasteiger partial charge < -0.3 is 19.5 Å². The maximum Gasteiger partial charge on any atom is 0.266 e. The maximum absolute atomic E-state index is 12.7. The third-order valence-corrected chi connectivity index (χ3v) is 4.78. The average molecular weight is 440 g/mol. The van der Waals surface area contributed by atoms with Gasteiger partial charge in [0.2, 0.25) is 5.82 Å². The number of ether oxygens (including phenoxy) is 3. The monoisotopic (exact) mass is 439 g/mol. The summed E-state index contributed by atoms with van der Waals surface area (Å²) in [5, 5.41) is 10.5. The van der Waals surface area contributed by atoms with Crippen molar-refractivity contribution >= 4 is 11.7 Å². The topological polar surface area (TPSA) is 95.7 Å². The molecule has 0 saturated heterocycles. The summed E-state index contributed by atoms with van der Waals surface area (Å²) < 4.78 is 21.9. The molecule has 1 unspecified atom stereocenters. The fourth-order valence-electron chi connectivity index (χ4n) is 3.07. The normalized spacial score (nSPS) is 11.8. The molecule has 1 aromatic heterocycles. The number of carbonyl (C=O) groups is 1. The molecular weight excluding hydrogens is 410 g/mol. The molecule has 0 saturated carbocycles. The fraction of sp³-hybridized carbons (Fsp3) is 0.375. The van der Waals surface area contributed by atoms with E-state index < -0.39 is 6.10 Å². The van der Waals surface area contributed by atoms with Gasteiger partial charge in [0.1, 0.15) is 5.75 Å². The van der Waals surface area contributed by atoms with Crippen molar-refractivity contribution in [2.45, 2.75) is 46.6 Å². The Hall–Kier alpha value is -3.55. The molecule has 0 aliphatic carbocycles. The van der Waals surface area contributed by atoms with E-state index in [0.717, 1.165) is 0 Å². The predicted octanol–water partition coefficient (Wildman–Crippen LogP) is 5.06. The highest BCUT2D eigenvalue weighted by molar-refractivity contribution is 5.96. The van der Waals surface area contributed by atoms with E-state index in [1.54, 1.807) is 25.1 Å². The van der Waals surface area contributed by atoms with Crippen molar-refractivity contribution in [3.8, 4) is 28.5 Å². The molecule has 0 aliphatic heterocycles.